The first-order valence-corrected chi connectivity index (χ1v) is 13.4. The molecule has 0 atom stereocenters. The smallest absolute Gasteiger partial charge is 0.136 e. The highest BCUT2D eigenvalue weighted by Crippen LogP contribution is 2.49. The normalized spacial score (nSPS) is 12.3. The second kappa shape index (κ2) is 7.69. The van der Waals surface area contributed by atoms with Crippen LogP contribution in [0.5, 0.6) is 11.5 Å². The van der Waals surface area contributed by atoms with Gasteiger partial charge >= 0.3 is 0 Å². The molecule has 0 N–H and O–H groups in total. The van der Waals surface area contributed by atoms with Crippen LogP contribution in [0.15, 0.2) is 133 Å². The van der Waals surface area contributed by atoms with Crippen LogP contribution in [-0.4, -0.2) is 0 Å². The third-order valence-electron chi connectivity index (χ3n) is 8.38. The summed E-state index contributed by atoms with van der Waals surface area (Å²) < 4.78 is 6.52. The molecule has 180 valence electrons. The van der Waals surface area contributed by atoms with Crippen molar-refractivity contribution in [3.05, 3.63) is 133 Å². The maximum absolute atomic E-state index is 6.52. The first kappa shape index (κ1) is 20.9. The molecule has 0 bridgehead atoms. The predicted molar refractivity (Wildman–Crippen MR) is 165 cm³/mol. The van der Waals surface area contributed by atoms with Crippen molar-refractivity contribution in [2.45, 2.75) is 0 Å². The van der Waals surface area contributed by atoms with Crippen LogP contribution in [-0.2, 0) is 0 Å². The van der Waals surface area contributed by atoms with Crippen LogP contribution in [0.1, 0.15) is 0 Å². The van der Waals surface area contributed by atoms with E-state index in [1.165, 1.54) is 70.6 Å². The lowest BCUT2D eigenvalue weighted by Gasteiger charge is -2.23. The van der Waals surface area contributed by atoms with Gasteiger partial charge in [0.2, 0.25) is 0 Å². The molecular formula is C38H22O. The average Bonchev–Trinajstić information content (AvgIpc) is 3.00. The van der Waals surface area contributed by atoms with E-state index in [1.807, 2.05) is 0 Å². The van der Waals surface area contributed by atoms with Crippen LogP contribution in [0.2, 0.25) is 0 Å². The van der Waals surface area contributed by atoms with Crippen LogP contribution >= 0.6 is 0 Å². The van der Waals surface area contributed by atoms with Gasteiger partial charge in [0.25, 0.3) is 0 Å². The molecule has 1 nitrogen and oxygen atoms in total. The first-order valence-electron chi connectivity index (χ1n) is 13.4. The maximum atomic E-state index is 6.52. The first-order chi connectivity index (χ1) is 19.3. The minimum absolute atomic E-state index is 0.909. The lowest BCUT2D eigenvalue weighted by Crippen LogP contribution is -1.98. The second-order valence-corrected chi connectivity index (χ2v) is 10.6. The third kappa shape index (κ3) is 3.02. The van der Waals surface area contributed by atoms with Crippen LogP contribution in [0.3, 0.4) is 0 Å². The van der Waals surface area contributed by atoms with Gasteiger partial charge in [-0.1, -0.05) is 97.1 Å². The van der Waals surface area contributed by atoms with E-state index in [-0.39, 0.29) is 0 Å². The van der Waals surface area contributed by atoms with Gasteiger partial charge in [-0.15, -0.1) is 0 Å². The fourth-order valence-corrected chi connectivity index (χ4v) is 6.48. The highest BCUT2D eigenvalue weighted by atomic mass is 16.5. The molecule has 8 aromatic carbocycles. The van der Waals surface area contributed by atoms with Crippen molar-refractivity contribution in [3.8, 4) is 33.8 Å². The Balaban J connectivity index is 1.26. The highest BCUT2D eigenvalue weighted by molar-refractivity contribution is 6.17. The minimum atomic E-state index is 0.909. The zero-order valence-electron chi connectivity index (χ0n) is 21.1. The quantitative estimate of drug-likeness (QED) is 0.163. The van der Waals surface area contributed by atoms with Gasteiger partial charge in [0.15, 0.2) is 0 Å². The number of hydrogen-bond acceptors (Lipinski definition) is 1. The zero-order chi connectivity index (χ0) is 25.5. The van der Waals surface area contributed by atoms with Crippen LogP contribution < -0.4 is 4.74 Å². The van der Waals surface area contributed by atoms with Gasteiger partial charge in [-0.2, -0.15) is 0 Å². The summed E-state index contributed by atoms with van der Waals surface area (Å²) in [6.45, 7) is 0. The summed E-state index contributed by atoms with van der Waals surface area (Å²) in [6.07, 6.45) is 0. The molecule has 8 aromatic rings. The Morgan fingerprint density at radius 1 is 0.333 bits per heavy atom. The molecule has 0 saturated carbocycles. The van der Waals surface area contributed by atoms with Crippen LogP contribution in [0, 0.1) is 0 Å². The molecule has 0 amide bonds. The SMILES string of the molecule is c1ccc2cc3c(ccc4ccc(-c5ccc6c(c5)-c5cccc7c5c(cc5ccccc57)O6)cc43)cc2c1. The summed E-state index contributed by atoms with van der Waals surface area (Å²) in [4.78, 5) is 0. The fraction of sp³-hybridized carbons (Fsp3) is 0. The Morgan fingerprint density at radius 3 is 1.92 bits per heavy atom. The number of fused-ring (bicyclic) bond motifs is 8. The van der Waals surface area contributed by atoms with Crippen molar-refractivity contribution in [1.29, 1.82) is 0 Å². The molecule has 0 unspecified atom stereocenters. The molecule has 39 heavy (non-hydrogen) atoms. The molecule has 0 spiro atoms. The standard InChI is InChI=1S/C38H22O/c1-2-7-25-19-34-29(18-24(25)6-1)15-13-23-12-14-26(20-33(23)34)27-16-17-36-35(21-27)32-11-5-10-31-30-9-4-3-8-28(30)22-37(39-36)38(31)32/h1-22H. The van der Waals surface area contributed by atoms with E-state index in [0.717, 1.165) is 17.1 Å². The summed E-state index contributed by atoms with van der Waals surface area (Å²) in [6, 6.07) is 48.5. The average molecular weight is 495 g/mol. The van der Waals surface area contributed by atoms with E-state index in [9.17, 15) is 0 Å². The van der Waals surface area contributed by atoms with Gasteiger partial charge < -0.3 is 4.74 Å². The Hall–Kier alpha value is -5.14. The molecule has 1 heteroatoms. The van der Waals surface area contributed by atoms with Crippen molar-refractivity contribution in [1.82, 2.24) is 0 Å². The second-order valence-electron chi connectivity index (χ2n) is 10.6. The lowest BCUT2D eigenvalue weighted by molar-refractivity contribution is 0.488. The Morgan fingerprint density at radius 2 is 1.00 bits per heavy atom. The molecule has 0 aromatic heterocycles. The van der Waals surface area contributed by atoms with Gasteiger partial charge in [-0.25, -0.2) is 0 Å². The van der Waals surface area contributed by atoms with Crippen molar-refractivity contribution < 1.29 is 4.74 Å². The summed E-state index contributed by atoms with van der Waals surface area (Å²) in [5.74, 6) is 1.84. The largest absolute Gasteiger partial charge is 0.456 e. The van der Waals surface area contributed by atoms with Gasteiger partial charge in [0.05, 0.1) is 0 Å². The van der Waals surface area contributed by atoms with E-state index in [1.54, 1.807) is 0 Å². The molecule has 1 heterocycles. The molecule has 1 aliphatic heterocycles. The molecule has 0 saturated heterocycles. The Kier molecular flexibility index (Phi) is 4.11. The summed E-state index contributed by atoms with van der Waals surface area (Å²) in [5, 5.41) is 12.5. The van der Waals surface area contributed by atoms with Crippen molar-refractivity contribution in [3.63, 3.8) is 0 Å². The summed E-state index contributed by atoms with van der Waals surface area (Å²) >= 11 is 0. The summed E-state index contributed by atoms with van der Waals surface area (Å²) in [5.41, 5.74) is 4.78. The molecule has 9 rings (SSSR count). The van der Waals surface area contributed by atoms with Crippen molar-refractivity contribution >= 4 is 53.9 Å². The molecule has 1 aliphatic rings. The number of hydrogen-bond donors (Lipinski definition) is 0. The van der Waals surface area contributed by atoms with Gasteiger partial charge in [0, 0.05) is 10.9 Å². The lowest BCUT2D eigenvalue weighted by atomic mass is 9.89. The van der Waals surface area contributed by atoms with E-state index in [0.29, 0.717) is 0 Å². The van der Waals surface area contributed by atoms with E-state index < -0.39 is 0 Å². The topological polar surface area (TPSA) is 9.23 Å². The summed E-state index contributed by atoms with van der Waals surface area (Å²) in [7, 11) is 0. The number of ether oxygens (including phenoxy) is 1. The van der Waals surface area contributed by atoms with E-state index >= 15 is 0 Å². The highest BCUT2D eigenvalue weighted by Gasteiger charge is 2.22. The van der Waals surface area contributed by atoms with Gasteiger partial charge in [-0.05, 0) is 102 Å². The Labute approximate surface area is 225 Å². The third-order valence-corrected chi connectivity index (χ3v) is 8.38. The molecule has 0 radical (unpaired) electrons. The van der Waals surface area contributed by atoms with E-state index in [4.69, 9.17) is 4.74 Å². The zero-order valence-corrected chi connectivity index (χ0v) is 21.1. The number of benzene rings is 8. The minimum Gasteiger partial charge on any atom is -0.456 e. The van der Waals surface area contributed by atoms with Crippen molar-refractivity contribution in [2.75, 3.05) is 0 Å². The monoisotopic (exact) mass is 494 g/mol. The fourth-order valence-electron chi connectivity index (χ4n) is 6.48. The molecule has 0 aliphatic carbocycles. The molecule has 0 fully saturated rings. The van der Waals surface area contributed by atoms with Gasteiger partial charge in [-0.3, -0.25) is 0 Å². The molecular weight excluding hydrogens is 472 g/mol. The van der Waals surface area contributed by atoms with Crippen LogP contribution in [0.4, 0.5) is 0 Å². The number of rotatable bonds is 1. The van der Waals surface area contributed by atoms with E-state index in [2.05, 4.69) is 133 Å². The van der Waals surface area contributed by atoms with Crippen LogP contribution in [0.25, 0.3) is 76.1 Å². The Bertz CT molecular complexity index is 2310. The van der Waals surface area contributed by atoms with Gasteiger partial charge in [0.1, 0.15) is 11.5 Å². The predicted octanol–water partition coefficient (Wildman–Crippen LogP) is 10.9. The maximum Gasteiger partial charge on any atom is 0.136 e. The van der Waals surface area contributed by atoms with Crippen molar-refractivity contribution in [2.24, 2.45) is 0 Å².